The molecule has 3 amide bonds. The normalized spacial score (nSPS) is 22.6. The molecule has 164 valence electrons. The number of likely N-dealkylation sites (N-methyl/N-ethyl adjacent to an activating group) is 1. The maximum atomic E-state index is 13.6. The molecule has 2 aromatic rings. The predicted octanol–water partition coefficient (Wildman–Crippen LogP) is 3.23. The maximum absolute atomic E-state index is 13.6. The number of imide groups is 1. The molecule has 0 radical (unpaired) electrons. The molecule has 3 aliphatic heterocycles. The summed E-state index contributed by atoms with van der Waals surface area (Å²) in [6, 6.07) is 13.8. The van der Waals surface area contributed by atoms with Crippen LogP contribution in [0.2, 0.25) is 0 Å². The third-order valence-corrected chi connectivity index (χ3v) is 6.44. The summed E-state index contributed by atoms with van der Waals surface area (Å²) in [4.78, 5) is 38.1. The second kappa shape index (κ2) is 7.12. The predicted molar refractivity (Wildman–Crippen MR) is 121 cm³/mol. The average Bonchev–Trinajstić information content (AvgIpc) is 3.26. The number of phenolic OH excluding ortho intramolecular Hbond substituents is 1. The summed E-state index contributed by atoms with van der Waals surface area (Å²) in [5, 5.41) is 10.5. The number of urea groups is 1. The van der Waals surface area contributed by atoms with Gasteiger partial charge in [-0.05, 0) is 38.5 Å². The Bertz CT molecular complexity index is 1200. The number of benzene rings is 2. The molecular weight excluding hydrogens is 406 g/mol. The van der Waals surface area contributed by atoms with Gasteiger partial charge in [-0.1, -0.05) is 42.0 Å². The van der Waals surface area contributed by atoms with Crippen LogP contribution in [-0.2, 0) is 11.3 Å². The molecule has 1 N–H and O–H groups in total. The number of nitrogens with zero attached hydrogens (tertiary/aromatic N) is 5. The number of para-hydroxylation sites is 2. The van der Waals surface area contributed by atoms with E-state index in [9.17, 15) is 14.7 Å². The molecule has 8 nitrogen and oxygen atoms in total. The first-order valence-electron chi connectivity index (χ1n) is 10.6. The number of amides is 3. The van der Waals surface area contributed by atoms with Crippen LogP contribution in [-0.4, -0.2) is 57.0 Å². The second-order valence-corrected chi connectivity index (χ2v) is 8.46. The van der Waals surface area contributed by atoms with Crippen molar-refractivity contribution in [1.82, 2.24) is 14.7 Å². The number of allylic oxidation sites excluding steroid dienone is 2. The lowest BCUT2D eigenvalue weighted by atomic mass is 10.1. The van der Waals surface area contributed by atoms with E-state index in [1.807, 2.05) is 60.9 Å². The number of hydrogen-bond acceptors (Lipinski definition) is 6. The smallest absolute Gasteiger partial charge is 0.328 e. The third-order valence-electron chi connectivity index (χ3n) is 6.44. The number of rotatable bonds is 3. The fourth-order valence-electron chi connectivity index (χ4n) is 4.69. The van der Waals surface area contributed by atoms with Crippen LogP contribution in [0, 0.1) is 6.92 Å². The summed E-state index contributed by atoms with van der Waals surface area (Å²) < 4.78 is 0. The Kier molecular flexibility index (Phi) is 4.47. The number of carbonyl (C=O) groups excluding carboxylic acids is 2. The van der Waals surface area contributed by atoms with Crippen LogP contribution in [0.25, 0.3) is 0 Å². The molecule has 1 saturated heterocycles. The van der Waals surface area contributed by atoms with E-state index >= 15 is 0 Å². The summed E-state index contributed by atoms with van der Waals surface area (Å²) >= 11 is 0. The van der Waals surface area contributed by atoms with Crippen molar-refractivity contribution >= 4 is 23.6 Å². The van der Waals surface area contributed by atoms with Crippen LogP contribution in [0.15, 0.2) is 64.9 Å². The highest BCUT2D eigenvalue weighted by Gasteiger charge is 2.56. The molecule has 32 heavy (non-hydrogen) atoms. The summed E-state index contributed by atoms with van der Waals surface area (Å²) in [7, 11) is 1.68. The van der Waals surface area contributed by atoms with Crippen molar-refractivity contribution in [2.24, 2.45) is 4.99 Å². The summed E-state index contributed by atoms with van der Waals surface area (Å²) in [6.07, 6.45) is -0.629. The number of fused-ring (bicyclic) bond motifs is 3. The first kappa shape index (κ1) is 20.1. The zero-order valence-electron chi connectivity index (χ0n) is 18.5. The summed E-state index contributed by atoms with van der Waals surface area (Å²) in [6.45, 7) is 6.06. The number of carbonyl (C=O) groups is 2. The van der Waals surface area contributed by atoms with Gasteiger partial charge in [-0.3, -0.25) is 19.5 Å². The molecular formula is C24H25N5O3. The van der Waals surface area contributed by atoms with Crippen LogP contribution in [0.3, 0.4) is 0 Å². The second-order valence-electron chi connectivity index (χ2n) is 8.46. The van der Waals surface area contributed by atoms with Gasteiger partial charge in [-0.15, -0.1) is 0 Å². The number of anilines is 1. The largest absolute Gasteiger partial charge is 0.506 e. The number of aryl methyl sites for hydroxylation is 1. The number of aliphatic imine (C=N–C) groups is 1. The number of aromatic hydroxyl groups is 1. The molecule has 2 aromatic carbocycles. The fraction of sp³-hybridized carbons (Fsp3) is 0.292. The van der Waals surface area contributed by atoms with Gasteiger partial charge in [0.25, 0.3) is 5.91 Å². The van der Waals surface area contributed by atoms with Crippen molar-refractivity contribution in [3.05, 3.63) is 71.1 Å². The van der Waals surface area contributed by atoms with E-state index in [4.69, 9.17) is 4.99 Å². The fourth-order valence-corrected chi connectivity index (χ4v) is 4.69. The van der Waals surface area contributed by atoms with Gasteiger partial charge in [0.2, 0.25) is 5.96 Å². The third kappa shape index (κ3) is 2.79. The van der Waals surface area contributed by atoms with E-state index in [-0.39, 0.29) is 24.2 Å². The van der Waals surface area contributed by atoms with E-state index in [0.29, 0.717) is 11.6 Å². The number of guanidine groups is 1. The van der Waals surface area contributed by atoms with Gasteiger partial charge in [0.15, 0.2) is 12.2 Å². The Morgan fingerprint density at radius 1 is 1.00 bits per heavy atom. The molecule has 0 aliphatic carbocycles. The SMILES string of the molecule is CC1=C(C)N2C(=NC3C2C(=O)N(Cc2cccc(C)c2)C(=O)N3C)N1c1ccccc1O. The van der Waals surface area contributed by atoms with E-state index in [2.05, 4.69) is 0 Å². The molecule has 3 aliphatic rings. The van der Waals surface area contributed by atoms with Crippen molar-refractivity contribution < 1.29 is 14.7 Å². The lowest BCUT2D eigenvalue weighted by molar-refractivity contribution is -0.137. The molecule has 2 atom stereocenters. The van der Waals surface area contributed by atoms with Gasteiger partial charge in [-0.2, -0.15) is 0 Å². The molecule has 0 aromatic heterocycles. The molecule has 0 saturated carbocycles. The van der Waals surface area contributed by atoms with Crippen LogP contribution >= 0.6 is 0 Å². The zero-order valence-corrected chi connectivity index (χ0v) is 18.5. The molecule has 0 spiro atoms. The van der Waals surface area contributed by atoms with Gasteiger partial charge in [0.05, 0.1) is 12.2 Å². The molecule has 8 heteroatoms. The van der Waals surface area contributed by atoms with Crippen molar-refractivity contribution in [3.8, 4) is 5.75 Å². The average molecular weight is 431 g/mol. The lowest BCUT2D eigenvalue weighted by Gasteiger charge is -2.40. The van der Waals surface area contributed by atoms with Gasteiger partial charge in [-0.25, -0.2) is 9.79 Å². The van der Waals surface area contributed by atoms with Crippen LogP contribution in [0.4, 0.5) is 10.5 Å². The van der Waals surface area contributed by atoms with Crippen LogP contribution < -0.4 is 4.90 Å². The Morgan fingerprint density at radius 3 is 2.47 bits per heavy atom. The van der Waals surface area contributed by atoms with Crippen LogP contribution in [0.1, 0.15) is 25.0 Å². The standard InChI is InChI=1S/C24H25N5O3/c1-14-8-7-9-17(12-14)13-27-22(31)20-21(26(4)24(27)32)25-23-28(15(2)16(3)29(20)23)18-10-5-6-11-19(18)30/h5-12,20-21,30H,13H2,1-4H3. The molecule has 2 unspecified atom stereocenters. The van der Waals surface area contributed by atoms with Crippen molar-refractivity contribution in [2.45, 2.75) is 39.5 Å². The van der Waals surface area contributed by atoms with Crippen molar-refractivity contribution in [3.63, 3.8) is 0 Å². The first-order valence-corrected chi connectivity index (χ1v) is 10.6. The zero-order chi connectivity index (χ0) is 22.7. The summed E-state index contributed by atoms with van der Waals surface area (Å²) in [5.74, 6) is 0.391. The molecule has 5 rings (SSSR count). The highest BCUT2D eigenvalue weighted by Crippen LogP contribution is 2.42. The Morgan fingerprint density at radius 2 is 1.75 bits per heavy atom. The minimum Gasteiger partial charge on any atom is -0.506 e. The van der Waals surface area contributed by atoms with E-state index in [1.54, 1.807) is 25.2 Å². The molecule has 0 bridgehead atoms. The number of hydrogen-bond donors (Lipinski definition) is 1. The van der Waals surface area contributed by atoms with Crippen LogP contribution in [0.5, 0.6) is 5.75 Å². The Hall–Kier alpha value is -3.81. The van der Waals surface area contributed by atoms with E-state index in [0.717, 1.165) is 22.5 Å². The van der Waals surface area contributed by atoms with Gasteiger partial charge in [0.1, 0.15) is 5.75 Å². The van der Waals surface area contributed by atoms with Gasteiger partial charge >= 0.3 is 6.03 Å². The summed E-state index contributed by atoms with van der Waals surface area (Å²) in [5.41, 5.74) is 4.30. The Labute approximate surface area is 186 Å². The van der Waals surface area contributed by atoms with Crippen molar-refractivity contribution in [1.29, 1.82) is 0 Å². The molecule has 3 heterocycles. The number of phenols is 1. The minimum atomic E-state index is -0.650. The highest BCUT2D eigenvalue weighted by molar-refractivity contribution is 6.10. The van der Waals surface area contributed by atoms with E-state index < -0.39 is 12.2 Å². The van der Waals surface area contributed by atoms with Gasteiger partial charge in [0, 0.05) is 18.4 Å². The quantitative estimate of drug-likeness (QED) is 0.807. The van der Waals surface area contributed by atoms with E-state index in [1.165, 1.54) is 9.80 Å². The minimum absolute atomic E-state index is 0.121. The first-order chi connectivity index (χ1) is 15.3. The van der Waals surface area contributed by atoms with Crippen molar-refractivity contribution in [2.75, 3.05) is 11.9 Å². The lowest BCUT2D eigenvalue weighted by Crippen LogP contribution is -2.64. The molecule has 1 fully saturated rings. The topological polar surface area (TPSA) is 79.7 Å². The Balaban J connectivity index is 1.53. The maximum Gasteiger partial charge on any atom is 0.328 e. The monoisotopic (exact) mass is 431 g/mol. The van der Waals surface area contributed by atoms with Gasteiger partial charge < -0.3 is 10.0 Å². The highest BCUT2D eigenvalue weighted by atomic mass is 16.3.